The standard InChI is InChI=1S/C13H21N3S/c1-3-7-14-12-9-10(4-2)15-13(16-12)11-6-5-8-17-11/h9,11H,3-8H2,1-2H3,(H,14,15,16). The van der Waals surface area contributed by atoms with Crippen LogP contribution in [0.2, 0.25) is 0 Å². The van der Waals surface area contributed by atoms with Crippen LogP contribution in [-0.4, -0.2) is 22.3 Å². The monoisotopic (exact) mass is 251 g/mol. The van der Waals surface area contributed by atoms with Crippen molar-refractivity contribution in [2.45, 2.75) is 44.8 Å². The second kappa shape index (κ2) is 6.24. The lowest BCUT2D eigenvalue weighted by Gasteiger charge is -2.12. The van der Waals surface area contributed by atoms with Gasteiger partial charge in [0, 0.05) is 18.3 Å². The number of aromatic nitrogens is 2. The molecule has 0 saturated carbocycles. The fourth-order valence-corrected chi connectivity index (χ4v) is 3.17. The Bertz CT molecular complexity index is 362. The van der Waals surface area contributed by atoms with Crippen molar-refractivity contribution in [2.24, 2.45) is 0 Å². The van der Waals surface area contributed by atoms with Crippen molar-refractivity contribution < 1.29 is 0 Å². The molecule has 0 amide bonds. The normalized spacial score (nSPS) is 19.5. The highest BCUT2D eigenvalue weighted by Gasteiger charge is 2.21. The molecular formula is C13H21N3S. The zero-order chi connectivity index (χ0) is 12.1. The minimum atomic E-state index is 0.517. The highest BCUT2D eigenvalue weighted by Crippen LogP contribution is 2.38. The summed E-state index contributed by atoms with van der Waals surface area (Å²) in [6.07, 6.45) is 4.63. The van der Waals surface area contributed by atoms with E-state index >= 15 is 0 Å². The first-order chi connectivity index (χ1) is 8.33. The summed E-state index contributed by atoms with van der Waals surface area (Å²) in [5.41, 5.74) is 1.15. The molecule has 2 heterocycles. The third-order valence-electron chi connectivity index (χ3n) is 2.93. The first-order valence-electron chi connectivity index (χ1n) is 6.56. The van der Waals surface area contributed by atoms with Gasteiger partial charge in [-0.3, -0.25) is 0 Å². The van der Waals surface area contributed by atoms with E-state index in [1.54, 1.807) is 0 Å². The van der Waals surface area contributed by atoms with Crippen molar-refractivity contribution in [2.75, 3.05) is 17.6 Å². The van der Waals surface area contributed by atoms with Gasteiger partial charge in [-0.25, -0.2) is 9.97 Å². The van der Waals surface area contributed by atoms with Crippen LogP contribution in [-0.2, 0) is 6.42 Å². The molecule has 3 nitrogen and oxygen atoms in total. The molecule has 1 aromatic rings. The molecule has 1 aliphatic heterocycles. The van der Waals surface area contributed by atoms with Gasteiger partial charge >= 0.3 is 0 Å². The first-order valence-corrected chi connectivity index (χ1v) is 7.61. The lowest BCUT2D eigenvalue weighted by Crippen LogP contribution is -2.08. The maximum atomic E-state index is 4.67. The summed E-state index contributed by atoms with van der Waals surface area (Å²) in [6, 6.07) is 2.08. The van der Waals surface area contributed by atoms with Crippen molar-refractivity contribution >= 4 is 17.6 Å². The molecular weight excluding hydrogens is 230 g/mol. The van der Waals surface area contributed by atoms with Gasteiger partial charge in [-0.2, -0.15) is 11.8 Å². The van der Waals surface area contributed by atoms with E-state index in [2.05, 4.69) is 35.2 Å². The van der Waals surface area contributed by atoms with Gasteiger partial charge in [0.15, 0.2) is 0 Å². The van der Waals surface area contributed by atoms with Crippen LogP contribution >= 0.6 is 11.8 Å². The second-order valence-corrected chi connectivity index (χ2v) is 5.70. The quantitative estimate of drug-likeness (QED) is 0.870. The molecule has 94 valence electrons. The Morgan fingerprint density at radius 3 is 2.94 bits per heavy atom. The van der Waals surface area contributed by atoms with Crippen molar-refractivity contribution in [3.05, 3.63) is 17.6 Å². The number of anilines is 1. The molecule has 1 aliphatic rings. The summed E-state index contributed by atoms with van der Waals surface area (Å²) in [4.78, 5) is 9.33. The molecule has 0 spiro atoms. The van der Waals surface area contributed by atoms with Crippen LogP contribution in [0.3, 0.4) is 0 Å². The van der Waals surface area contributed by atoms with E-state index in [4.69, 9.17) is 0 Å². The summed E-state index contributed by atoms with van der Waals surface area (Å²) in [5, 5.41) is 3.89. The fourth-order valence-electron chi connectivity index (χ4n) is 1.97. The van der Waals surface area contributed by atoms with Crippen LogP contribution < -0.4 is 5.32 Å². The van der Waals surface area contributed by atoms with Gasteiger partial charge in [-0.05, 0) is 31.4 Å². The molecule has 4 heteroatoms. The fraction of sp³-hybridized carbons (Fsp3) is 0.692. The Morgan fingerprint density at radius 2 is 2.29 bits per heavy atom. The molecule has 1 aromatic heterocycles. The summed E-state index contributed by atoms with van der Waals surface area (Å²) in [5.74, 6) is 3.29. The van der Waals surface area contributed by atoms with Gasteiger partial charge in [0.25, 0.3) is 0 Å². The van der Waals surface area contributed by atoms with Crippen LogP contribution in [0.15, 0.2) is 6.07 Å². The molecule has 1 atom stereocenters. The average molecular weight is 251 g/mol. The smallest absolute Gasteiger partial charge is 0.143 e. The van der Waals surface area contributed by atoms with E-state index in [0.29, 0.717) is 5.25 Å². The van der Waals surface area contributed by atoms with E-state index in [-0.39, 0.29) is 0 Å². The lowest BCUT2D eigenvalue weighted by molar-refractivity contribution is 0.765. The number of hydrogen-bond acceptors (Lipinski definition) is 4. The largest absolute Gasteiger partial charge is 0.370 e. The van der Waals surface area contributed by atoms with E-state index in [1.165, 1.54) is 18.6 Å². The maximum Gasteiger partial charge on any atom is 0.143 e. The highest BCUT2D eigenvalue weighted by atomic mass is 32.2. The summed E-state index contributed by atoms with van der Waals surface area (Å²) in [7, 11) is 0. The Morgan fingerprint density at radius 1 is 1.41 bits per heavy atom. The van der Waals surface area contributed by atoms with Crippen LogP contribution in [0.25, 0.3) is 0 Å². The van der Waals surface area contributed by atoms with Gasteiger partial charge in [-0.1, -0.05) is 13.8 Å². The molecule has 0 aliphatic carbocycles. The predicted molar refractivity (Wildman–Crippen MR) is 74.6 cm³/mol. The molecule has 1 fully saturated rings. The predicted octanol–water partition coefficient (Wildman–Crippen LogP) is 3.43. The molecule has 0 aromatic carbocycles. The Kier molecular flexibility index (Phi) is 4.66. The minimum Gasteiger partial charge on any atom is -0.370 e. The van der Waals surface area contributed by atoms with Crippen molar-refractivity contribution in [3.63, 3.8) is 0 Å². The molecule has 1 N–H and O–H groups in total. The third kappa shape index (κ3) is 3.35. The van der Waals surface area contributed by atoms with Gasteiger partial charge in [0.2, 0.25) is 0 Å². The summed E-state index contributed by atoms with van der Waals surface area (Å²) < 4.78 is 0. The number of thioether (sulfide) groups is 1. The maximum absolute atomic E-state index is 4.67. The van der Waals surface area contributed by atoms with Crippen molar-refractivity contribution in [3.8, 4) is 0 Å². The van der Waals surface area contributed by atoms with Gasteiger partial charge in [0.05, 0.1) is 5.25 Å². The van der Waals surface area contributed by atoms with Gasteiger partial charge in [0.1, 0.15) is 11.6 Å². The third-order valence-corrected chi connectivity index (χ3v) is 4.31. The first kappa shape index (κ1) is 12.7. The van der Waals surface area contributed by atoms with Crippen molar-refractivity contribution in [1.29, 1.82) is 0 Å². The molecule has 0 bridgehead atoms. The minimum absolute atomic E-state index is 0.517. The van der Waals surface area contributed by atoms with E-state index < -0.39 is 0 Å². The topological polar surface area (TPSA) is 37.8 Å². The summed E-state index contributed by atoms with van der Waals surface area (Å²) in [6.45, 7) is 5.30. The Balaban J connectivity index is 2.18. The zero-order valence-corrected chi connectivity index (χ0v) is 11.5. The van der Waals surface area contributed by atoms with E-state index in [0.717, 1.165) is 36.7 Å². The van der Waals surface area contributed by atoms with Crippen LogP contribution in [0.4, 0.5) is 5.82 Å². The van der Waals surface area contributed by atoms with Crippen LogP contribution in [0.1, 0.15) is 49.9 Å². The molecule has 2 rings (SSSR count). The number of aryl methyl sites for hydroxylation is 1. The number of hydrogen-bond donors (Lipinski definition) is 1. The highest BCUT2D eigenvalue weighted by molar-refractivity contribution is 7.99. The van der Waals surface area contributed by atoms with E-state index in [1.807, 2.05) is 11.8 Å². The second-order valence-electron chi connectivity index (χ2n) is 4.38. The Labute approximate surface area is 108 Å². The lowest BCUT2D eigenvalue weighted by atomic mass is 10.2. The van der Waals surface area contributed by atoms with Crippen LogP contribution in [0, 0.1) is 0 Å². The molecule has 1 unspecified atom stereocenters. The number of nitrogens with one attached hydrogen (secondary N) is 1. The Hall–Kier alpha value is -0.770. The zero-order valence-electron chi connectivity index (χ0n) is 10.7. The molecule has 1 saturated heterocycles. The summed E-state index contributed by atoms with van der Waals surface area (Å²) >= 11 is 1.99. The number of rotatable bonds is 5. The molecule has 17 heavy (non-hydrogen) atoms. The average Bonchev–Trinajstić information content (AvgIpc) is 2.89. The van der Waals surface area contributed by atoms with Crippen molar-refractivity contribution in [1.82, 2.24) is 9.97 Å². The van der Waals surface area contributed by atoms with E-state index in [9.17, 15) is 0 Å². The van der Waals surface area contributed by atoms with Gasteiger partial charge in [-0.15, -0.1) is 0 Å². The number of nitrogens with zero attached hydrogens (tertiary/aromatic N) is 2. The van der Waals surface area contributed by atoms with Crippen LogP contribution in [0.5, 0.6) is 0 Å². The molecule has 0 radical (unpaired) electrons. The SMILES string of the molecule is CCCNc1cc(CC)nc(C2CCCS2)n1. The van der Waals surface area contributed by atoms with Gasteiger partial charge < -0.3 is 5.32 Å².